The molecule has 3 atom stereocenters. The van der Waals surface area contributed by atoms with Crippen LogP contribution >= 0.6 is 0 Å². The van der Waals surface area contributed by atoms with Gasteiger partial charge in [-0.25, -0.2) is 4.98 Å². The number of benzene rings is 3. The Kier molecular flexibility index (Phi) is 10.0. The molecule has 5 amide bonds. The summed E-state index contributed by atoms with van der Waals surface area (Å²) in [5.74, 6) is -1.71. The topological polar surface area (TPSA) is 178 Å². The number of carbonyl (C=O) groups excluding carboxylic acids is 5. The molecule has 5 aromatic rings. The van der Waals surface area contributed by atoms with Crippen LogP contribution in [-0.2, 0) is 22.6 Å². The van der Waals surface area contributed by atoms with E-state index >= 15 is 0 Å². The lowest BCUT2D eigenvalue weighted by Gasteiger charge is -2.33. The van der Waals surface area contributed by atoms with Crippen LogP contribution in [0.4, 0.5) is 11.5 Å². The number of hydrogen-bond donors (Lipinski definition) is 4. The first-order valence-electron chi connectivity index (χ1n) is 19.0. The van der Waals surface area contributed by atoms with Gasteiger partial charge in [-0.3, -0.25) is 33.8 Å². The van der Waals surface area contributed by atoms with Crippen LogP contribution in [0.3, 0.4) is 0 Å². The minimum absolute atomic E-state index is 0.00797. The molecule has 1 saturated heterocycles. The van der Waals surface area contributed by atoms with Gasteiger partial charge in [0.15, 0.2) is 5.65 Å². The average molecular weight is 755 g/mol. The van der Waals surface area contributed by atoms with Crippen molar-refractivity contribution in [2.24, 2.45) is 0 Å². The summed E-state index contributed by atoms with van der Waals surface area (Å²) < 4.78 is 1.83. The SMILES string of the molecule is CCCc1cc(N[C@@H]2CC[C@@H](NC(=O)c3ccc(-c4ccc(CNc5cccc6c5C(=O)N(C5CCC(=O)N(CO)C5=O)C6=O)cc4)cc3)C2)n2nccc2n1. The quantitative estimate of drug-likeness (QED) is 0.130. The van der Waals surface area contributed by atoms with Gasteiger partial charge in [0.1, 0.15) is 18.6 Å². The van der Waals surface area contributed by atoms with E-state index in [0.717, 1.165) is 70.9 Å². The van der Waals surface area contributed by atoms with Crippen LogP contribution in [-0.4, -0.2) is 83.9 Å². The summed E-state index contributed by atoms with van der Waals surface area (Å²) in [6, 6.07) is 23.4. The monoisotopic (exact) mass is 754 g/mol. The maximum absolute atomic E-state index is 13.6. The highest BCUT2D eigenvalue weighted by atomic mass is 16.3. The molecule has 2 fully saturated rings. The van der Waals surface area contributed by atoms with E-state index in [1.54, 1.807) is 24.4 Å². The lowest BCUT2D eigenvalue weighted by atomic mass is 10.0. The standard InChI is InChI=1S/C42H42N8O6/c1-2-4-29-22-36(50-35(45-29)19-20-44-50)46-30-15-16-31(21-30)47-39(53)28-13-11-27(12-14-28)26-9-7-25(8-10-26)23-43-33-6-3-5-32-38(33)42(56)49(40(32)54)34-17-18-37(52)48(24-51)41(34)55/h3,5-14,19-20,22,30-31,34,43,46,51H,2,4,15-18,21,23-24H2,1H3,(H,47,53)/t30-,31-,34?/m1/s1. The minimum Gasteiger partial charge on any atom is -0.380 e. The van der Waals surface area contributed by atoms with E-state index < -0.39 is 36.4 Å². The van der Waals surface area contributed by atoms with Crippen molar-refractivity contribution in [1.82, 2.24) is 29.7 Å². The summed E-state index contributed by atoms with van der Waals surface area (Å²) in [4.78, 5) is 71.3. The van der Waals surface area contributed by atoms with E-state index in [2.05, 4.69) is 34.0 Å². The maximum Gasteiger partial charge on any atom is 0.264 e. The summed E-state index contributed by atoms with van der Waals surface area (Å²) in [6.07, 6.45) is 6.25. The summed E-state index contributed by atoms with van der Waals surface area (Å²) in [6.45, 7) is 1.69. The predicted octanol–water partition coefficient (Wildman–Crippen LogP) is 4.79. The summed E-state index contributed by atoms with van der Waals surface area (Å²) >= 11 is 0. The number of amides is 5. The van der Waals surface area contributed by atoms with Crippen molar-refractivity contribution in [3.8, 4) is 11.1 Å². The number of piperidine rings is 1. The molecule has 1 unspecified atom stereocenters. The fourth-order valence-corrected chi connectivity index (χ4v) is 7.94. The Labute approximate surface area is 322 Å². The Morgan fingerprint density at radius 1 is 0.893 bits per heavy atom. The summed E-state index contributed by atoms with van der Waals surface area (Å²) in [7, 11) is 0. The number of nitrogens with zero attached hydrogens (tertiary/aromatic N) is 5. The highest BCUT2D eigenvalue weighted by molar-refractivity contribution is 6.25. The summed E-state index contributed by atoms with van der Waals surface area (Å²) in [5, 5.41) is 24.1. The van der Waals surface area contributed by atoms with Crippen LogP contribution in [0.1, 0.15) is 87.8 Å². The molecule has 2 aromatic heterocycles. The highest BCUT2D eigenvalue weighted by Gasteiger charge is 2.47. The van der Waals surface area contributed by atoms with Crippen LogP contribution < -0.4 is 16.0 Å². The van der Waals surface area contributed by atoms with Crippen molar-refractivity contribution >= 4 is 46.7 Å². The number of hydrogen-bond acceptors (Lipinski definition) is 10. The summed E-state index contributed by atoms with van der Waals surface area (Å²) in [5.41, 5.74) is 6.11. The van der Waals surface area contributed by atoms with Gasteiger partial charge in [-0.2, -0.15) is 9.61 Å². The maximum atomic E-state index is 13.6. The molecule has 14 nitrogen and oxygen atoms in total. The van der Waals surface area contributed by atoms with Crippen LogP contribution in [0, 0.1) is 0 Å². The van der Waals surface area contributed by atoms with Crippen LogP contribution in [0.5, 0.6) is 0 Å². The smallest absolute Gasteiger partial charge is 0.264 e. The van der Waals surface area contributed by atoms with E-state index in [1.807, 2.05) is 59.1 Å². The molecule has 0 bridgehead atoms. The number of carbonyl (C=O) groups is 5. The molecule has 0 spiro atoms. The highest BCUT2D eigenvalue weighted by Crippen LogP contribution is 2.34. The fraction of sp³-hybridized carbons (Fsp3) is 0.310. The number of aliphatic hydroxyl groups is 1. The minimum atomic E-state index is -1.16. The predicted molar refractivity (Wildman–Crippen MR) is 208 cm³/mol. The zero-order valence-corrected chi connectivity index (χ0v) is 30.9. The van der Waals surface area contributed by atoms with Gasteiger partial charge in [0.25, 0.3) is 23.6 Å². The Morgan fingerprint density at radius 3 is 2.39 bits per heavy atom. The molecule has 4 N–H and O–H groups in total. The molecule has 286 valence electrons. The van der Waals surface area contributed by atoms with E-state index in [4.69, 9.17) is 4.98 Å². The molecule has 3 aliphatic rings. The number of nitrogens with one attached hydrogen (secondary N) is 3. The second-order valence-corrected chi connectivity index (χ2v) is 14.5. The number of rotatable bonds is 12. The zero-order chi connectivity index (χ0) is 38.9. The first kappa shape index (κ1) is 36.6. The van der Waals surface area contributed by atoms with Gasteiger partial charge >= 0.3 is 0 Å². The number of fused-ring (bicyclic) bond motifs is 2. The number of likely N-dealkylation sites (tertiary alicyclic amines) is 1. The van der Waals surface area contributed by atoms with Crippen LogP contribution in [0.25, 0.3) is 16.8 Å². The van der Waals surface area contributed by atoms with E-state index in [-0.39, 0.29) is 42.0 Å². The van der Waals surface area contributed by atoms with E-state index in [9.17, 15) is 29.1 Å². The van der Waals surface area contributed by atoms with Crippen LogP contribution in [0.2, 0.25) is 0 Å². The molecule has 14 heteroatoms. The van der Waals surface area contributed by atoms with Crippen molar-refractivity contribution in [1.29, 1.82) is 0 Å². The van der Waals surface area contributed by atoms with Crippen molar-refractivity contribution in [2.75, 3.05) is 17.4 Å². The zero-order valence-electron chi connectivity index (χ0n) is 30.9. The van der Waals surface area contributed by atoms with Gasteiger partial charge in [0, 0.05) is 54.1 Å². The lowest BCUT2D eigenvalue weighted by molar-refractivity contribution is -0.155. The molecule has 1 saturated carbocycles. The average Bonchev–Trinajstić information content (AvgIpc) is 3.93. The molecule has 0 radical (unpaired) electrons. The first-order valence-corrected chi connectivity index (χ1v) is 19.0. The Morgan fingerprint density at radius 2 is 1.64 bits per heavy atom. The van der Waals surface area contributed by atoms with Crippen molar-refractivity contribution in [2.45, 2.75) is 76.5 Å². The number of aryl methyl sites for hydroxylation is 1. The second kappa shape index (κ2) is 15.4. The van der Waals surface area contributed by atoms with Gasteiger partial charge in [0.2, 0.25) is 5.91 Å². The van der Waals surface area contributed by atoms with E-state index in [1.165, 1.54) is 0 Å². The van der Waals surface area contributed by atoms with E-state index in [0.29, 0.717) is 22.7 Å². The molecular formula is C42H42N8O6. The van der Waals surface area contributed by atoms with Gasteiger partial charge in [-0.15, -0.1) is 0 Å². The largest absolute Gasteiger partial charge is 0.380 e. The molecular weight excluding hydrogens is 713 g/mol. The molecule has 8 rings (SSSR count). The number of imide groups is 2. The third-order valence-corrected chi connectivity index (χ3v) is 10.8. The molecule has 4 heterocycles. The molecule has 1 aliphatic carbocycles. The van der Waals surface area contributed by atoms with Gasteiger partial charge in [0.05, 0.1) is 17.3 Å². The van der Waals surface area contributed by atoms with Crippen LogP contribution in [0.15, 0.2) is 85.1 Å². The van der Waals surface area contributed by atoms with Crippen molar-refractivity contribution in [3.05, 3.63) is 113 Å². The Bertz CT molecular complexity index is 2340. The Balaban J connectivity index is 0.858. The van der Waals surface area contributed by atoms with Gasteiger partial charge in [-0.1, -0.05) is 55.8 Å². The fourth-order valence-electron chi connectivity index (χ4n) is 7.94. The third kappa shape index (κ3) is 6.99. The van der Waals surface area contributed by atoms with Gasteiger partial charge in [-0.05, 0) is 73.1 Å². The van der Waals surface area contributed by atoms with Crippen molar-refractivity contribution < 1.29 is 29.1 Å². The lowest BCUT2D eigenvalue weighted by Crippen LogP contribution is -2.56. The third-order valence-electron chi connectivity index (χ3n) is 10.8. The van der Waals surface area contributed by atoms with Gasteiger partial charge < -0.3 is 21.1 Å². The first-order chi connectivity index (χ1) is 27.2. The number of aromatic nitrogens is 3. The molecule has 56 heavy (non-hydrogen) atoms. The Hall–Kier alpha value is -6.41. The number of aliphatic hydroxyl groups excluding tert-OH is 1. The molecule has 3 aromatic carbocycles. The second-order valence-electron chi connectivity index (χ2n) is 14.5. The van der Waals surface area contributed by atoms with Crippen molar-refractivity contribution in [3.63, 3.8) is 0 Å². The molecule has 2 aliphatic heterocycles. The normalized spacial score (nSPS) is 19.5. The number of anilines is 2.